The zero-order valence-electron chi connectivity index (χ0n) is 9.57. The summed E-state index contributed by atoms with van der Waals surface area (Å²) in [6, 6.07) is 6.31. The first kappa shape index (κ1) is 11.5. The number of nitriles is 1. The maximum atomic E-state index is 8.78. The second kappa shape index (κ2) is 5.35. The molecule has 80 valence electrons. The quantitative estimate of drug-likeness (QED) is 0.755. The van der Waals surface area contributed by atoms with Gasteiger partial charge < -0.3 is 4.90 Å². The van der Waals surface area contributed by atoms with Crippen molar-refractivity contribution in [3.05, 3.63) is 24.0 Å². The molecule has 0 aromatic carbocycles. The average molecular weight is 203 g/mol. The Kier molecular flexibility index (Phi) is 4.11. The van der Waals surface area contributed by atoms with Crippen molar-refractivity contribution in [1.29, 1.82) is 5.26 Å². The zero-order valence-corrected chi connectivity index (χ0v) is 9.57. The molecule has 1 heterocycles. The van der Waals surface area contributed by atoms with Crippen LogP contribution in [0.2, 0.25) is 0 Å². The van der Waals surface area contributed by atoms with Crippen LogP contribution in [-0.4, -0.2) is 17.6 Å². The first-order valence-electron chi connectivity index (χ1n) is 5.31. The van der Waals surface area contributed by atoms with Crippen molar-refractivity contribution in [2.45, 2.75) is 33.2 Å². The Morgan fingerprint density at radius 3 is 2.80 bits per heavy atom. The molecule has 0 fully saturated rings. The van der Waals surface area contributed by atoms with Gasteiger partial charge in [-0.2, -0.15) is 5.26 Å². The topological polar surface area (TPSA) is 39.9 Å². The summed E-state index contributed by atoms with van der Waals surface area (Å²) >= 11 is 0. The van der Waals surface area contributed by atoms with Crippen LogP contribution in [0.1, 0.15) is 32.9 Å². The molecule has 1 aromatic rings. The number of pyridine rings is 1. The van der Waals surface area contributed by atoms with Gasteiger partial charge in [-0.25, -0.2) is 4.98 Å². The number of anilines is 1. The van der Waals surface area contributed by atoms with E-state index in [1.54, 1.807) is 6.20 Å². The lowest BCUT2D eigenvalue weighted by molar-refractivity contribution is 0.670. The monoisotopic (exact) mass is 203 g/mol. The van der Waals surface area contributed by atoms with Gasteiger partial charge in [0.2, 0.25) is 0 Å². The molecular formula is C12H17N3. The Morgan fingerprint density at radius 2 is 2.27 bits per heavy atom. The highest BCUT2D eigenvalue weighted by Gasteiger charge is 2.09. The molecule has 3 nitrogen and oxygen atoms in total. The molecule has 0 atom stereocenters. The van der Waals surface area contributed by atoms with Gasteiger partial charge in [0.25, 0.3) is 0 Å². The fourth-order valence-corrected chi connectivity index (χ4v) is 1.59. The molecule has 0 aliphatic rings. The third kappa shape index (κ3) is 2.95. The van der Waals surface area contributed by atoms with E-state index in [9.17, 15) is 0 Å². The second-order valence-corrected chi connectivity index (χ2v) is 3.80. The lowest BCUT2D eigenvalue weighted by atomic mass is 10.2. The van der Waals surface area contributed by atoms with E-state index in [0.717, 1.165) is 18.7 Å². The van der Waals surface area contributed by atoms with Crippen LogP contribution in [-0.2, 0) is 0 Å². The van der Waals surface area contributed by atoms with Gasteiger partial charge in [0.1, 0.15) is 11.8 Å². The zero-order chi connectivity index (χ0) is 11.3. The van der Waals surface area contributed by atoms with Gasteiger partial charge in [-0.1, -0.05) is 6.92 Å². The molecule has 15 heavy (non-hydrogen) atoms. The van der Waals surface area contributed by atoms with Crippen LogP contribution >= 0.6 is 0 Å². The minimum absolute atomic E-state index is 0.443. The largest absolute Gasteiger partial charge is 0.369 e. The van der Waals surface area contributed by atoms with Crippen molar-refractivity contribution in [3.8, 4) is 6.07 Å². The third-order valence-corrected chi connectivity index (χ3v) is 2.28. The minimum Gasteiger partial charge on any atom is -0.369 e. The first-order valence-corrected chi connectivity index (χ1v) is 5.31. The number of hydrogen-bond donors (Lipinski definition) is 0. The Morgan fingerprint density at radius 1 is 1.53 bits per heavy atom. The van der Waals surface area contributed by atoms with E-state index < -0.39 is 0 Å². The molecule has 0 spiro atoms. The van der Waals surface area contributed by atoms with Gasteiger partial charge in [0.15, 0.2) is 0 Å². The molecule has 0 amide bonds. The summed E-state index contributed by atoms with van der Waals surface area (Å²) < 4.78 is 0. The maximum absolute atomic E-state index is 8.78. The first-order chi connectivity index (χ1) is 7.19. The third-order valence-electron chi connectivity index (χ3n) is 2.28. The summed E-state index contributed by atoms with van der Waals surface area (Å²) in [5, 5.41) is 8.78. The van der Waals surface area contributed by atoms with Crippen LogP contribution in [0, 0.1) is 11.3 Å². The van der Waals surface area contributed by atoms with E-state index in [-0.39, 0.29) is 0 Å². The number of hydrogen-bond acceptors (Lipinski definition) is 3. The molecule has 1 aromatic heterocycles. The standard InChI is InChI=1S/C12H17N3/c1-4-7-15(10(2)3)12-5-6-14-11(8-12)9-13/h5-6,8,10H,4,7H2,1-3H3. The van der Waals surface area contributed by atoms with Crippen molar-refractivity contribution >= 4 is 5.69 Å². The molecule has 0 saturated heterocycles. The summed E-state index contributed by atoms with van der Waals surface area (Å²) in [7, 11) is 0. The van der Waals surface area contributed by atoms with Gasteiger partial charge in [0, 0.05) is 24.5 Å². The number of rotatable bonds is 4. The smallest absolute Gasteiger partial charge is 0.142 e. The Balaban J connectivity index is 2.96. The maximum Gasteiger partial charge on any atom is 0.142 e. The van der Waals surface area contributed by atoms with Gasteiger partial charge in [0.05, 0.1) is 0 Å². The Bertz CT molecular complexity index is 352. The van der Waals surface area contributed by atoms with E-state index in [1.807, 2.05) is 12.1 Å². The van der Waals surface area contributed by atoms with Crippen LogP contribution in [0.15, 0.2) is 18.3 Å². The molecule has 3 heteroatoms. The van der Waals surface area contributed by atoms with Gasteiger partial charge >= 0.3 is 0 Å². The van der Waals surface area contributed by atoms with Crippen molar-refractivity contribution in [2.75, 3.05) is 11.4 Å². The molecule has 0 unspecified atom stereocenters. The van der Waals surface area contributed by atoms with E-state index in [1.165, 1.54) is 0 Å². The molecule has 0 saturated carbocycles. The van der Waals surface area contributed by atoms with Crippen molar-refractivity contribution in [1.82, 2.24) is 4.98 Å². The Hall–Kier alpha value is -1.56. The van der Waals surface area contributed by atoms with E-state index in [4.69, 9.17) is 5.26 Å². The summed E-state index contributed by atoms with van der Waals surface area (Å²) in [5.74, 6) is 0. The lowest BCUT2D eigenvalue weighted by Crippen LogP contribution is -2.31. The minimum atomic E-state index is 0.443. The van der Waals surface area contributed by atoms with Crippen LogP contribution in [0.4, 0.5) is 5.69 Å². The van der Waals surface area contributed by atoms with Gasteiger partial charge in [-0.15, -0.1) is 0 Å². The number of aromatic nitrogens is 1. The fraction of sp³-hybridized carbons (Fsp3) is 0.500. The molecule has 1 rings (SSSR count). The van der Waals surface area contributed by atoms with Crippen molar-refractivity contribution in [2.24, 2.45) is 0 Å². The Labute approximate surface area is 91.4 Å². The molecular weight excluding hydrogens is 186 g/mol. The highest BCUT2D eigenvalue weighted by molar-refractivity contribution is 5.49. The van der Waals surface area contributed by atoms with E-state index in [2.05, 4.69) is 36.7 Å². The number of nitrogens with zero attached hydrogens (tertiary/aromatic N) is 3. The summed E-state index contributed by atoms with van der Waals surface area (Å²) in [5.41, 5.74) is 1.56. The van der Waals surface area contributed by atoms with Crippen LogP contribution in [0.3, 0.4) is 0 Å². The molecule has 0 N–H and O–H groups in total. The molecule has 0 bridgehead atoms. The molecule has 0 radical (unpaired) electrons. The lowest BCUT2D eigenvalue weighted by Gasteiger charge is -2.28. The predicted molar refractivity (Wildman–Crippen MR) is 61.7 cm³/mol. The summed E-state index contributed by atoms with van der Waals surface area (Å²) in [6.45, 7) is 7.47. The molecule has 0 aliphatic carbocycles. The predicted octanol–water partition coefficient (Wildman–Crippen LogP) is 2.58. The normalized spacial score (nSPS) is 10.1. The highest BCUT2D eigenvalue weighted by Crippen LogP contribution is 2.17. The van der Waals surface area contributed by atoms with Crippen molar-refractivity contribution in [3.63, 3.8) is 0 Å². The SMILES string of the molecule is CCCN(c1ccnc(C#N)c1)C(C)C. The highest BCUT2D eigenvalue weighted by atomic mass is 15.1. The summed E-state index contributed by atoms with van der Waals surface area (Å²) in [6.07, 6.45) is 2.79. The van der Waals surface area contributed by atoms with Gasteiger partial charge in [-0.3, -0.25) is 0 Å². The fourth-order valence-electron chi connectivity index (χ4n) is 1.59. The average Bonchev–Trinajstić information content (AvgIpc) is 2.25. The van der Waals surface area contributed by atoms with E-state index >= 15 is 0 Å². The van der Waals surface area contributed by atoms with E-state index in [0.29, 0.717) is 11.7 Å². The van der Waals surface area contributed by atoms with Crippen molar-refractivity contribution < 1.29 is 0 Å². The molecule has 0 aliphatic heterocycles. The second-order valence-electron chi connectivity index (χ2n) is 3.80. The summed E-state index contributed by atoms with van der Waals surface area (Å²) in [4.78, 5) is 6.25. The van der Waals surface area contributed by atoms with Crippen LogP contribution in [0.25, 0.3) is 0 Å². The van der Waals surface area contributed by atoms with Crippen LogP contribution < -0.4 is 4.90 Å². The van der Waals surface area contributed by atoms with Gasteiger partial charge in [-0.05, 0) is 32.4 Å². The van der Waals surface area contributed by atoms with Crippen LogP contribution in [0.5, 0.6) is 0 Å².